The molecule has 0 radical (unpaired) electrons. The maximum Gasteiger partial charge on any atom is 0.222 e. The normalized spacial score (nSPS) is 19.4. The molecule has 0 bridgehead atoms. The van der Waals surface area contributed by atoms with Crippen molar-refractivity contribution < 1.29 is 9.53 Å². The molecule has 1 amide bonds. The Morgan fingerprint density at radius 1 is 1.50 bits per heavy atom. The topological polar surface area (TPSA) is 41.6 Å². The molecule has 18 heavy (non-hydrogen) atoms. The van der Waals surface area contributed by atoms with Crippen LogP contribution in [0.5, 0.6) is 0 Å². The molecule has 1 fully saturated rings. The third-order valence-electron chi connectivity index (χ3n) is 3.41. The van der Waals surface area contributed by atoms with Gasteiger partial charge in [0.05, 0.1) is 0 Å². The van der Waals surface area contributed by atoms with E-state index in [-0.39, 0.29) is 11.9 Å². The van der Waals surface area contributed by atoms with Gasteiger partial charge in [0.15, 0.2) is 0 Å². The van der Waals surface area contributed by atoms with Gasteiger partial charge < -0.3 is 15.0 Å². The summed E-state index contributed by atoms with van der Waals surface area (Å²) in [6.07, 6.45) is 3.85. The zero-order valence-electron chi connectivity index (χ0n) is 12.1. The van der Waals surface area contributed by atoms with Crippen LogP contribution in [0.3, 0.4) is 0 Å². The molecule has 106 valence electrons. The van der Waals surface area contributed by atoms with Crippen LogP contribution in [-0.2, 0) is 9.53 Å². The Morgan fingerprint density at radius 3 is 2.83 bits per heavy atom. The van der Waals surface area contributed by atoms with Gasteiger partial charge in [0.25, 0.3) is 0 Å². The summed E-state index contributed by atoms with van der Waals surface area (Å²) in [5, 5.41) is 3.45. The summed E-state index contributed by atoms with van der Waals surface area (Å²) in [4.78, 5) is 14.2. The van der Waals surface area contributed by atoms with Crippen molar-refractivity contribution in [2.24, 2.45) is 0 Å². The Labute approximate surface area is 111 Å². The zero-order valence-corrected chi connectivity index (χ0v) is 12.1. The van der Waals surface area contributed by atoms with Gasteiger partial charge in [0, 0.05) is 38.3 Å². The molecule has 0 aromatic carbocycles. The van der Waals surface area contributed by atoms with E-state index in [1.165, 1.54) is 12.8 Å². The molecule has 0 aliphatic carbocycles. The zero-order chi connectivity index (χ0) is 13.4. The number of hydrogen-bond donors (Lipinski definition) is 1. The van der Waals surface area contributed by atoms with Crippen LogP contribution in [0, 0.1) is 0 Å². The first-order valence-electron chi connectivity index (χ1n) is 7.25. The van der Waals surface area contributed by atoms with Crippen molar-refractivity contribution in [2.75, 3.05) is 26.3 Å². The average Bonchev–Trinajstić information content (AvgIpc) is 2.84. The lowest BCUT2D eigenvalue weighted by Gasteiger charge is -2.29. The maximum absolute atomic E-state index is 12.2. The number of nitrogens with zero attached hydrogens (tertiary/aromatic N) is 1. The second kappa shape index (κ2) is 8.48. The fourth-order valence-electron chi connectivity index (χ4n) is 2.36. The molecule has 4 heteroatoms. The lowest BCUT2D eigenvalue weighted by Crippen LogP contribution is -2.44. The molecule has 1 heterocycles. The van der Waals surface area contributed by atoms with Gasteiger partial charge in [-0.1, -0.05) is 0 Å². The number of rotatable bonds is 8. The molecule has 1 N–H and O–H groups in total. The van der Waals surface area contributed by atoms with Gasteiger partial charge in [-0.15, -0.1) is 0 Å². The van der Waals surface area contributed by atoms with E-state index in [0.717, 1.165) is 26.1 Å². The summed E-state index contributed by atoms with van der Waals surface area (Å²) >= 11 is 0. The van der Waals surface area contributed by atoms with Gasteiger partial charge in [0.1, 0.15) is 0 Å². The molecule has 1 atom stereocenters. The predicted molar refractivity (Wildman–Crippen MR) is 73.6 cm³/mol. The smallest absolute Gasteiger partial charge is 0.222 e. The third-order valence-corrected chi connectivity index (χ3v) is 3.41. The van der Waals surface area contributed by atoms with Gasteiger partial charge in [0.2, 0.25) is 5.91 Å². The molecule has 1 unspecified atom stereocenters. The number of nitrogens with one attached hydrogen (secondary N) is 1. The SMILES string of the molecule is CCOCCCC(=O)N(CC1CCCN1)C(C)C. The first-order chi connectivity index (χ1) is 8.65. The largest absolute Gasteiger partial charge is 0.382 e. The molecule has 4 nitrogen and oxygen atoms in total. The molecule has 1 saturated heterocycles. The fraction of sp³-hybridized carbons (Fsp3) is 0.929. The van der Waals surface area contributed by atoms with E-state index in [9.17, 15) is 4.79 Å². The minimum Gasteiger partial charge on any atom is -0.382 e. The van der Waals surface area contributed by atoms with Crippen LogP contribution in [-0.4, -0.2) is 49.2 Å². The summed E-state index contributed by atoms with van der Waals surface area (Å²) in [5.41, 5.74) is 0. The first kappa shape index (κ1) is 15.4. The van der Waals surface area contributed by atoms with E-state index in [4.69, 9.17) is 4.74 Å². The standard InChI is InChI=1S/C14H28N2O2/c1-4-18-10-6-8-14(17)16(12(2)3)11-13-7-5-9-15-13/h12-13,15H,4-11H2,1-3H3. The summed E-state index contributed by atoms with van der Waals surface area (Å²) < 4.78 is 5.27. The molecule has 0 aromatic rings. The van der Waals surface area contributed by atoms with E-state index in [1.54, 1.807) is 0 Å². The summed E-state index contributed by atoms with van der Waals surface area (Å²) in [7, 11) is 0. The second-order valence-corrected chi connectivity index (χ2v) is 5.23. The third kappa shape index (κ3) is 5.36. The highest BCUT2D eigenvalue weighted by Crippen LogP contribution is 2.11. The molecule has 0 saturated carbocycles. The quantitative estimate of drug-likeness (QED) is 0.673. The van der Waals surface area contributed by atoms with Crippen LogP contribution in [0.4, 0.5) is 0 Å². The van der Waals surface area contributed by atoms with E-state index in [1.807, 2.05) is 11.8 Å². The Kier molecular flexibility index (Phi) is 7.28. The number of carbonyl (C=O) groups excluding carboxylic acids is 1. The molecule has 1 aliphatic heterocycles. The highest BCUT2D eigenvalue weighted by molar-refractivity contribution is 5.76. The van der Waals surface area contributed by atoms with Crippen molar-refractivity contribution in [3.63, 3.8) is 0 Å². The molecular weight excluding hydrogens is 228 g/mol. The van der Waals surface area contributed by atoms with Crippen molar-refractivity contribution in [3.8, 4) is 0 Å². The minimum atomic E-state index is 0.262. The van der Waals surface area contributed by atoms with Crippen LogP contribution in [0.1, 0.15) is 46.5 Å². The number of amides is 1. The van der Waals surface area contributed by atoms with E-state index < -0.39 is 0 Å². The minimum absolute atomic E-state index is 0.262. The van der Waals surface area contributed by atoms with Gasteiger partial charge in [-0.2, -0.15) is 0 Å². The Hall–Kier alpha value is -0.610. The van der Waals surface area contributed by atoms with Crippen LogP contribution in [0.15, 0.2) is 0 Å². The average molecular weight is 256 g/mol. The highest BCUT2D eigenvalue weighted by Gasteiger charge is 2.22. The molecule has 1 rings (SSSR count). The van der Waals surface area contributed by atoms with E-state index in [0.29, 0.717) is 19.1 Å². The lowest BCUT2D eigenvalue weighted by atomic mass is 10.1. The van der Waals surface area contributed by atoms with E-state index >= 15 is 0 Å². The fourth-order valence-corrected chi connectivity index (χ4v) is 2.36. The van der Waals surface area contributed by atoms with Crippen molar-refractivity contribution in [1.29, 1.82) is 0 Å². The van der Waals surface area contributed by atoms with Gasteiger partial charge in [-0.3, -0.25) is 4.79 Å². The summed E-state index contributed by atoms with van der Waals surface area (Å²) in [6, 6.07) is 0.773. The van der Waals surface area contributed by atoms with Crippen molar-refractivity contribution in [2.45, 2.75) is 58.5 Å². The van der Waals surface area contributed by atoms with Crippen LogP contribution >= 0.6 is 0 Å². The predicted octanol–water partition coefficient (Wildman–Crippen LogP) is 1.79. The van der Waals surface area contributed by atoms with Gasteiger partial charge >= 0.3 is 0 Å². The summed E-state index contributed by atoms with van der Waals surface area (Å²) in [6.45, 7) is 9.53. The van der Waals surface area contributed by atoms with Crippen molar-refractivity contribution >= 4 is 5.91 Å². The van der Waals surface area contributed by atoms with Crippen molar-refractivity contribution in [1.82, 2.24) is 10.2 Å². The maximum atomic E-state index is 12.2. The Morgan fingerprint density at radius 2 is 2.28 bits per heavy atom. The Balaban J connectivity index is 2.32. The van der Waals surface area contributed by atoms with Crippen LogP contribution in [0.2, 0.25) is 0 Å². The van der Waals surface area contributed by atoms with Gasteiger partial charge in [-0.05, 0) is 46.6 Å². The molecule has 1 aliphatic rings. The monoisotopic (exact) mass is 256 g/mol. The first-order valence-corrected chi connectivity index (χ1v) is 7.25. The van der Waals surface area contributed by atoms with Crippen LogP contribution < -0.4 is 5.32 Å². The van der Waals surface area contributed by atoms with Crippen molar-refractivity contribution in [3.05, 3.63) is 0 Å². The van der Waals surface area contributed by atoms with E-state index in [2.05, 4.69) is 19.2 Å². The lowest BCUT2D eigenvalue weighted by molar-refractivity contribution is -0.133. The van der Waals surface area contributed by atoms with Gasteiger partial charge in [-0.25, -0.2) is 0 Å². The number of carbonyl (C=O) groups is 1. The Bertz CT molecular complexity index is 238. The molecule has 0 spiro atoms. The highest BCUT2D eigenvalue weighted by atomic mass is 16.5. The van der Waals surface area contributed by atoms with Crippen LogP contribution in [0.25, 0.3) is 0 Å². The number of hydrogen-bond acceptors (Lipinski definition) is 3. The molecule has 0 aromatic heterocycles. The summed E-state index contributed by atoms with van der Waals surface area (Å²) in [5.74, 6) is 0.262. The number of ether oxygens (including phenoxy) is 1. The molecular formula is C14H28N2O2. The second-order valence-electron chi connectivity index (χ2n) is 5.23.